The van der Waals surface area contributed by atoms with Crippen LogP contribution in [0.15, 0.2) is 66.7 Å². The number of rotatable bonds is 8. The van der Waals surface area contributed by atoms with E-state index in [1.54, 1.807) is 78.7 Å². The Labute approximate surface area is 196 Å². The Morgan fingerprint density at radius 2 is 1.91 bits per heavy atom. The van der Waals surface area contributed by atoms with Crippen molar-refractivity contribution in [1.29, 1.82) is 0 Å². The van der Waals surface area contributed by atoms with E-state index in [1.165, 1.54) is 0 Å². The minimum absolute atomic E-state index is 0.0272. The van der Waals surface area contributed by atoms with Gasteiger partial charge in [0.25, 0.3) is 11.8 Å². The third kappa shape index (κ3) is 5.56. The summed E-state index contributed by atoms with van der Waals surface area (Å²) in [6.45, 7) is 0.866. The first kappa shape index (κ1) is 22.5. The molecule has 0 aliphatic carbocycles. The molecule has 4 rings (SSSR count). The zero-order valence-electron chi connectivity index (χ0n) is 18.0. The number of anilines is 2. The maximum absolute atomic E-state index is 12.7. The predicted octanol–water partition coefficient (Wildman–Crippen LogP) is 4.80. The van der Waals surface area contributed by atoms with Gasteiger partial charge in [-0.05, 0) is 67.1 Å². The molecule has 0 saturated carbocycles. The molecule has 0 unspecified atom stereocenters. The van der Waals surface area contributed by atoms with Gasteiger partial charge in [0.1, 0.15) is 17.2 Å². The summed E-state index contributed by atoms with van der Waals surface area (Å²) in [7, 11) is 1.55. The summed E-state index contributed by atoms with van der Waals surface area (Å²) in [6, 6.07) is 19.3. The first-order chi connectivity index (χ1) is 16.0. The normalized spacial score (nSPS) is 12.5. The fourth-order valence-electron chi connectivity index (χ4n) is 3.44. The second kappa shape index (κ2) is 10.3. The van der Waals surface area contributed by atoms with Gasteiger partial charge in [0.2, 0.25) is 0 Å². The first-order valence-electron chi connectivity index (χ1n) is 10.4. The van der Waals surface area contributed by atoms with Crippen LogP contribution in [0.4, 0.5) is 11.4 Å². The highest BCUT2D eigenvalue weighted by Crippen LogP contribution is 2.35. The number of hydrogen-bond acceptors (Lipinski definition) is 5. The molecular formula is C25H23ClN2O5. The summed E-state index contributed by atoms with van der Waals surface area (Å²) in [5.41, 5.74) is 1.64. The van der Waals surface area contributed by atoms with Crippen LogP contribution in [-0.2, 0) is 4.79 Å². The summed E-state index contributed by atoms with van der Waals surface area (Å²) >= 11 is 5.89. The molecule has 0 spiro atoms. The average Bonchev–Trinajstić information content (AvgIpc) is 2.84. The molecule has 3 aromatic carbocycles. The number of hydrogen-bond donors (Lipinski definition) is 1. The van der Waals surface area contributed by atoms with E-state index in [9.17, 15) is 9.59 Å². The molecule has 1 heterocycles. The molecule has 0 saturated heterocycles. The highest BCUT2D eigenvalue weighted by Gasteiger charge is 2.25. The van der Waals surface area contributed by atoms with Crippen LogP contribution in [0.2, 0.25) is 5.02 Å². The van der Waals surface area contributed by atoms with Gasteiger partial charge in [0, 0.05) is 22.8 Å². The SMILES string of the molecule is COc1cccc(C(=O)Nc2ccc3c(c2)N(CCCOc2ccc(Cl)cc2)C(=O)CO3)c1. The molecular weight excluding hydrogens is 444 g/mol. The topological polar surface area (TPSA) is 77.1 Å². The number of methoxy groups -OCH3 is 1. The van der Waals surface area contributed by atoms with Gasteiger partial charge < -0.3 is 24.4 Å². The van der Waals surface area contributed by atoms with Gasteiger partial charge in [-0.3, -0.25) is 9.59 Å². The molecule has 3 aromatic rings. The van der Waals surface area contributed by atoms with Gasteiger partial charge in [-0.25, -0.2) is 0 Å². The molecule has 8 heteroatoms. The van der Waals surface area contributed by atoms with Gasteiger partial charge in [0.15, 0.2) is 6.61 Å². The van der Waals surface area contributed by atoms with E-state index in [0.717, 1.165) is 5.75 Å². The Morgan fingerprint density at radius 1 is 1.09 bits per heavy atom. The highest BCUT2D eigenvalue weighted by atomic mass is 35.5. The lowest BCUT2D eigenvalue weighted by atomic mass is 10.1. The number of benzene rings is 3. The first-order valence-corrected chi connectivity index (χ1v) is 10.8. The van der Waals surface area contributed by atoms with E-state index >= 15 is 0 Å². The zero-order chi connectivity index (χ0) is 23.2. The Morgan fingerprint density at radius 3 is 2.70 bits per heavy atom. The fraction of sp³-hybridized carbons (Fsp3) is 0.200. The molecule has 0 bridgehead atoms. The summed E-state index contributed by atoms with van der Waals surface area (Å²) in [6.07, 6.45) is 0.619. The van der Waals surface area contributed by atoms with Crippen molar-refractivity contribution in [2.24, 2.45) is 0 Å². The molecule has 1 aliphatic heterocycles. The zero-order valence-corrected chi connectivity index (χ0v) is 18.8. The number of ether oxygens (including phenoxy) is 3. The molecule has 0 atom stereocenters. The van der Waals surface area contributed by atoms with Crippen molar-refractivity contribution in [2.45, 2.75) is 6.42 Å². The largest absolute Gasteiger partial charge is 0.497 e. The predicted molar refractivity (Wildman–Crippen MR) is 127 cm³/mol. The van der Waals surface area contributed by atoms with E-state index in [4.69, 9.17) is 25.8 Å². The van der Waals surface area contributed by atoms with Crippen molar-refractivity contribution in [3.8, 4) is 17.2 Å². The Kier molecular flexibility index (Phi) is 7.00. The van der Waals surface area contributed by atoms with Crippen LogP contribution in [0.5, 0.6) is 17.2 Å². The van der Waals surface area contributed by atoms with Crippen molar-refractivity contribution in [2.75, 3.05) is 37.1 Å². The Balaban J connectivity index is 1.42. The summed E-state index contributed by atoms with van der Waals surface area (Å²) < 4.78 is 16.5. The molecule has 7 nitrogen and oxygen atoms in total. The Hall–Kier alpha value is -3.71. The van der Waals surface area contributed by atoms with E-state index in [1.807, 2.05) is 0 Å². The molecule has 1 aliphatic rings. The molecule has 2 amide bonds. The van der Waals surface area contributed by atoms with Gasteiger partial charge in [-0.1, -0.05) is 17.7 Å². The minimum atomic E-state index is -0.278. The van der Waals surface area contributed by atoms with E-state index in [0.29, 0.717) is 53.0 Å². The van der Waals surface area contributed by atoms with Crippen molar-refractivity contribution < 1.29 is 23.8 Å². The lowest BCUT2D eigenvalue weighted by molar-refractivity contribution is -0.121. The number of halogens is 1. The van der Waals surface area contributed by atoms with Gasteiger partial charge in [-0.15, -0.1) is 0 Å². The highest BCUT2D eigenvalue weighted by molar-refractivity contribution is 6.30. The Bertz CT molecular complexity index is 1150. The van der Waals surface area contributed by atoms with E-state index in [-0.39, 0.29) is 18.4 Å². The van der Waals surface area contributed by atoms with Gasteiger partial charge >= 0.3 is 0 Å². The summed E-state index contributed by atoms with van der Waals surface area (Å²) in [5.74, 6) is 1.48. The van der Waals surface area contributed by atoms with Crippen LogP contribution in [-0.4, -0.2) is 38.7 Å². The van der Waals surface area contributed by atoms with Gasteiger partial charge in [0.05, 0.1) is 19.4 Å². The third-order valence-corrected chi connectivity index (χ3v) is 5.35. The summed E-state index contributed by atoms with van der Waals surface area (Å²) in [4.78, 5) is 26.8. The average molecular weight is 467 g/mol. The van der Waals surface area contributed by atoms with Crippen LogP contribution in [0.1, 0.15) is 16.8 Å². The number of nitrogens with one attached hydrogen (secondary N) is 1. The lowest BCUT2D eigenvalue weighted by Gasteiger charge is -2.30. The molecule has 0 aromatic heterocycles. The summed E-state index contributed by atoms with van der Waals surface area (Å²) in [5, 5.41) is 3.51. The molecule has 170 valence electrons. The van der Waals surface area contributed by atoms with E-state index in [2.05, 4.69) is 5.32 Å². The standard InChI is InChI=1S/C25H23ClN2O5/c1-31-21-5-2-4-17(14-21)25(30)27-19-8-11-23-22(15-19)28(24(29)16-33-23)12-3-13-32-20-9-6-18(26)7-10-20/h2,4-11,14-15H,3,12-13,16H2,1H3,(H,27,30). The second-order valence-corrected chi connectivity index (χ2v) is 7.80. The molecule has 1 N–H and O–H groups in total. The lowest BCUT2D eigenvalue weighted by Crippen LogP contribution is -2.39. The number of nitrogens with zero attached hydrogens (tertiary/aromatic N) is 1. The smallest absolute Gasteiger partial charge is 0.265 e. The molecule has 0 radical (unpaired) electrons. The van der Waals surface area contributed by atoms with Crippen molar-refractivity contribution >= 4 is 34.8 Å². The monoisotopic (exact) mass is 466 g/mol. The number of carbonyl (C=O) groups is 2. The van der Waals surface area contributed by atoms with Crippen LogP contribution in [0.25, 0.3) is 0 Å². The molecule has 0 fully saturated rings. The van der Waals surface area contributed by atoms with Crippen molar-refractivity contribution in [3.63, 3.8) is 0 Å². The minimum Gasteiger partial charge on any atom is -0.497 e. The van der Waals surface area contributed by atoms with Crippen LogP contribution >= 0.6 is 11.6 Å². The van der Waals surface area contributed by atoms with E-state index < -0.39 is 0 Å². The molecule has 33 heavy (non-hydrogen) atoms. The van der Waals surface area contributed by atoms with Gasteiger partial charge in [-0.2, -0.15) is 0 Å². The second-order valence-electron chi connectivity index (χ2n) is 7.36. The number of amides is 2. The quantitative estimate of drug-likeness (QED) is 0.483. The maximum atomic E-state index is 12.7. The van der Waals surface area contributed by atoms with Crippen LogP contribution < -0.4 is 24.4 Å². The number of fused-ring (bicyclic) bond motifs is 1. The number of carbonyl (C=O) groups excluding carboxylic acids is 2. The van der Waals surface area contributed by atoms with Crippen LogP contribution in [0.3, 0.4) is 0 Å². The van der Waals surface area contributed by atoms with Crippen molar-refractivity contribution in [3.05, 3.63) is 77.3 Å². The fourth-order valence-corrected chi connectivity index (χ4v) is 3.56. The van der Waals surface area contributed by atoms with Crippen LogP contribution in [0, 0.1) is 0 Å². The third-order valence-electron chi connectivity index (χ3n) is 5.10. The van der Waals surface area contributed by atoms with Crippen molar-refractivity contribution in [1.82, 2.24) is 0 Å². The maximum Gasteiger partial charge on any atom is 0.265 e.